The van der Waals surface area contributed by atoms with Gasteiger partial charge >= 0.3 is 0 Å². The summed E-state index contributed by atoms with van der Waals surface area (Å²) in [4.78, 5) is 25.6. The first kappa shape index (κ1) is 16.2. The molecule has 5 heteroatoms. The van der Waals surface area contributed by atoms with Gasteiger partial charge in [-0.2, -0.15) is 0 Å². The van der Waals surface area contributed by atoms with Crippen molar-refractivity contribution in [2.75, 3.05) is 26.2 Å². The third kappa shape index (κ3) is 3.56. The second-order valence-electron chi connectivity index (χ2n) is 6.97. The lowest BCUT2D eigenvalue weighted by Crippen LogP contribution is -2.45. The average Bonchev–Trinajstić information content (AvgIpc) is 3.23. The zero-order valence-corrected chi connectivity index (χ0v) is 14.5. The summed E-state index contributed by atoms with van der Waals surface area (Å²) in [7, 11) is 0. The van der Waals surface area contributed by atoms with Crippen molar-refractivity contribution in [3.63, 3.8) is 0 Å². The van der Waals surface area contributed by atoms with E-state index in [1.165, 1.54) is 32.3 Å². The molecule has 2 aliphatic rings. The van der Waals surface area contributed by atoms with Crippen LogP contribution in [0.1, 0.15) is 36.0 Å². The molecule has 1 aromatic heterocycles. The van der Waals surface area contributed by atoms with Crippen LogP contribution in [0.3, 0.4) is 0 Å². The Kier molecular flexibility index (Phi) is 4.74. The molecule has 2 saturated heterocycles. The predicted molar refractivity (Wildman–Crippen MR) is 97.2 cm³/mol. The van der Waals surface area contributed by atoms with Crippen molar-refractivity contribution < 1.29 is 4.79 Å². The largest absolute Gasteiger partial charge is 0.339 e. The third-order valence-corrected chi connectivity index (χ3v) is 5.41. The van der Waals surface area contributed by atoms with E-state index in [-0.39, 0.29) is 5.91 Å². The van der Waals surface area contributed by atoms with Gasteiger partial charge in [0.1, 0.15) is 6.33 Å². The number of carbonyl (C=O) groups is 1. The number of rotatable bonds is 3. The summed E-state index contributed by atoms with van der Waals surface area (Å²) in [5.41, 5.74) is 2.67. The average molecular weight is 336 g/mol. The SMILES string of the molecule is O=C(c1cccc(-c2cncnc2)c1)N1CCC(N2CCCC2)CC1. The van der Waals surface area contributed by atoms with Crippen LogP contribution < -0.4 is 0 Å². The van der Waals surface area contributed by atoms with Crippen molar-refractivity contribution in [1.29, 1.82) is 0 Å². The Morgan fingerprint density at radius 3 is 2.40 bits per heavy atom. The first-order valence-electron chi connectivity index (χ1n) is 9.20. The standard InChI is InChI=1S/C20H24N4O/c25-20(24-10-6-19(7-11-24)23-8-1-2-9-23)17-5-3-4-16(12-17)18-13-21-15-22-14-18/h3-5,12-15,19H,1-2,6-11H2. The number of hydrogen-bond acceptors (Lipinski definition) is 4. The number of hydrogen-bond donors (Lipinski definition) is 0. The highest BCUT2D eigenvalue weighted by Gasteiger charge is 2.28. The number of likely N-dealkylation sites (tertiary alicyclic amines) is 2. The van der Waals surface area contributed by atoms with Crippen molar-refractivity contribution in [3.8, 4) is 11.1 Å². The molecular weight excluding hydrogens is 312 g/mol. The van der Waals surface area contributed by atoms with Crippen molar-refractivity contribution >= 4 is 5.91 Å². The third-order valence-electron chi connectivity index (χ3n) is 5.41. The van der Waals surface area contributed by atoms with E-state index in [0.29, 0.717) is 6.04 Å². The normalized spacial score (nSPS) is 19.3. The van der Waals surface area contributed by atoms with E-state index in [2.05, 4.69) is 14.9 Å². The van der Waals surface area contributed by atoms with E-state index in [1.54, 1.807) is 12.4 Å². The summed E-state index contributed by atoms with van der Waals surface area (Å²) in [5, 5.41) is 0. The Morgan fingerprint density at radius 2 is 1.68 bits per heavy atom. The molecule has 0 N–H and O–H groups in total. The summed E-state index contributed by atoms with van der Waals surface area (Å²) in [6.07, 6.45) is 9.92. The number of nitrogens with zero attached hydrogens (tertiary/aromatic N) is 4. The molecule has 0 saturated carbocycles. The quantitative estimate of drug-likeness (QED) is 0.865. The number of piperidine rings is 1. The summed E-state index contributed by atoms with van der Waals surface area (Å²) in [5.74, 6) is 0.138. The van der Waals surface area contributed by atoms with Gasteiger partial charge in [-0.15, -0.1) is 0 Å². The molecule has 130 valence electrons. The van der Waals surface area contributed by atoms with Crippen LogP contribution in [0.5, 0.6) is 0 Å². The first-order chi connectivity index (χ1) is 12.3. The van der Waals surface area contributed by atoms with Crippen molar-refractivity contribution in [2.45, 2.75) is 31.7 Å². The van der Waals surface area contributed by atoms with Gasteiger partial charge in [0.15, 0.2) is 0 Å². The molecule has 0 bridgehead atoms. The molecule has 2 aliphatic heterocycles. The van der Waals surface area contributed by atoms with Crippen LogP contribution in [0.4, 0.5) is 0 Å². The zero-order valence-electron chi connectivity index (χ0n) is 14.5. The second-order valence-corrected chi connectivity index (χ2v) is 6.97. The van der Waals surface area contributed by atoms with Crippen molar-refractivity contribution in [3.05, 3.63) is 48.5 Å². The second kappa shape index (κ2) is 7.31. The Balaban J connectivity index is 1.43. The summed E-state index contributed by atoms with van der Waals surface area (Å²) < 4.78 is 0. The molecular formula is C20H24N4O. The van der Waals surface area contributed by atoms with Crippen LogP contribution in [0, 0.1) is 0 Å². The minimum Gasteiger partial charge on any atom is -0.339 e. The maximum Gasteiger partial charge on any atom is 0.253 e. The molecule has 0 unspecified atom stereocenters. The van der Waals surface area contributed by atoms with Gasteiger partial charge in [0, 0.05) is 42.7 Å². The van der Waals surface area contributed by atoms with E-state index < -0.39 is 0 Å². The van der Waals surface area contributed by atoms with Gasteiger partial charge in [-0.05, 0) is 56.5 Å². The van der Waals surface area contributed by atoms with Gasteiger partial charge in [-0.1, -0.05) is 12.1 Å². The maximum absolute atomic E-state index is 12.9. The molecule has 0 radical (unpaired) electrons. The van der Waals surface area contributed by atoms with Gasteiger partial charge in [0.25, 0.3) is 5.91 Å². The Morgan fingerprint density at radius 1 is 0.960 bits per heavy atom. The van der Waals surface area contributed by atoms with E-state index in [0.717, 1.165) is 42.6 Å². The molecule has 25 heavy (non-hydrogen) atoms. The zero-order chi connectivity index (χ0) is 17.1. The molecule has 1 aromatic carbocycles. The van der Waals surface area contributed by atoms with E-state index >= 15 is 0 Å². The molecule has 4 rings (SSSR count). The number of carbonyl (C=O) groups excluding carboxylic acids is 1. The topological polar surface area (TPSA) is 49.3 Å². The fraction of sp³-hybridized carbons (Fsp3) is 0.450. The molecule has 0 aliphatic carbocycles. The van der Waals surface area contributed by atoms with E-state index in [9.17, 15) is 4.79 Å². The lowest BCUT2D eigenvalue weighted by Gasteiger charge is -2.36. The highest BCUT2D eigenvalue weighted by Crippen LogP contribution is 2.23. The molecule has 2 fully saturated rings. The maximum atomic E-state index is 12.9. The molecule has 0 atom stereocenters. The Bertz CT molecular complexity index is 719. The lowest BCUT2D eigenvalue weighted by atomic mass is 10.0. The van der Waals surface area contributed by atoms with E-state index in [1.807, 2.05) is 29.2 Å². The number of aromatic nitrogens is 2. The number of amides is 1. The minimum absolute atomic E-state index is 0.138. The monoisotopic (exact) mass is 336 g/mol. The highest BCUT2D eigenvalue weighted by molar-refractivity contribution is 5.95. The van der Waals surface area contributed by atoms with Crippen LogP contribution in [-0.4, -0.2) is 57.9 Å². The predicted octanol–water partition coefficient (Wildman–Crippen LogP) is 2.84. The fourth-order valence-corrected chi connectivity index (χ4v) is 4.00. The highest BCUT2D eigenvalue weighted by atomic mass is 16.2. The van der Waals surface area contributed by atoms with Crippen LogP contribution in [-0.2, 0) is 0 Å². The summed E-state index contributed by atoms with van der Waals surface area (Å²) in [6.45, 7) is 4.19. The lowest BCUT2D eigenvalue weighted by molar-refractivity contribution is 0.0644. The van der Waals surface area contributed by atoms with Crippen LogP contribution in [0.25, 0.3) is 11.1 Å². The molecule has 3 heterocycles. The molecule has 2 aromatic rings. The summed E-state index contributed by atoms with van der Waals surface area (Å²) >= 11 is 0. The number of benzene rings is 1. The van der Waals surface area contributed by atoms with Crippen molar-refractivity contribution in [1.82, 2.24) is 19.8 Å². The van der Waals surface area contributed by atoms with Crippen LogP contribution in [0.2, 0.25) is 0 Å². The Labute approximate surface area is 148 Å². The van der Waals surface area contributed by atoms with Gasteiger partial charge < -0.3 is 9.80 Å². The van der Waals surface area contributed by atoms with Crippen molar-refractivity contribution in [2.24, 2.45) is 0 Å². The molecule has 1 amide bonds. The fourth-order valence-electron chi connectivity index (χ4n) is 4.00. The van der Waals surface area contributed by atoms with Crippen LogP contribution >= 0.6 is 0 Å². The van der Waals surface area contributed by atoms with E-state index in [4.69, 9.17) is 0 Å². The van der Waals surface area contributed by atoms with Gasteiger partial charge in [-0.25, -0.2) is 9.97 Å². The Hall–Kier alpha value is -2.27. The first-order valence-corrected chi connectivity index (χ1v) is 9.20. The van der Waals surface area contributed by atoms with Crippen LogP contribution in [0.15, 0.2) is 43.0 Å². The van der Waals surface area contributed by atoms with Gasteiger partial charge in [0.05, 0.1) is 0 Å². The minimum atomic E-state index is 0.138. The summed E-state index contributed by atoms with van der Waals surface area (Å²) in [6, 6.07) is 8.46. The molecule has 0 spiro atoms. The van der Waals surface area contributed by atoms with Gasteiger partial charge in [0.2, 0.25) is 0 Å². The van der Waals surface area contributed by atoms with Gasteiger partial charge in [-0.3, -0.25) is 4.79 Å². The molecule has 5 nitrogen and oxygen atoms in total. The smallest absolute Gasteiger partial charge is 0.253 e.